The van der Waals surface area contributed by atoms with Crippen molar-refractivity contribution in [3.05, 3.63) is 53.1 Å². The van der Waals surface area contributed by atoms with Crippen molar-refractivity contribution < 1.29 is 8.78 Å². The summed E-state index contributed by atoms with van der Waals surface area (Å²) in [4.78, 5) is 6.56. The zero-order valence-electron chi connectivity index (χ0n) is 10.7. The molecule has 2 aromatic rings. The van der Waals surface area contributed by atoms with Crippen molar-refractivity contribution in [3.8, 4) is 0 Å². The van der Waals surface area contributed by atoms with Crippen molar-refractivity contribution in [2.75, 3.05) is 6.54 Å². The smallest absolute Gasteiger partial charge is 0.159 e. The first kappa shape index (κ1) is 12.3. The molecule has 1 aliphatic heterocycles. The largest absolute Gasteiger partial charge is 0.337 e. The van der Waals surface area contributed by atoms with Crippen LogP contribution in [0.5, 0.6) is 0 Å². The van der Waals surface area contributed by atoms with Gasteiger partial charge in [-0.2, -0.15) is 0 Å². The van der Waals surface area contributed by atoms with Gasteiger partial charge in [0.2, 0.25) is 0 Å². The van der Waals surface area contributed by atoms with Crippen molar-refractivity contribution in [1.82, 2.24) is 14.5 Å². The Hall–Kier alpha value is -1.75. The molecule has 0 fully saturated rings. The number of nitrogens with zero attached hydrogens (tertiary/aromatic N) is 3. The van der Waals surface area contributed by atoms with Crippen LogP contribution in [0.4, 0.5) is 8.78 Å². The average molecular weight is 263 g/mol. The summed E-state index contributed by atoms with van der Waals surface area (Å²) in [7, 11) is 2.00. The van der Waals surface area contributed by atoms with Gasteiger partial charge in [-0.25, -0.2) is 13.8 Å². The van der Waals surface area contributed by atoms with Crippen molar-refractivity contribution >= 4 is 0 Å². The van der Waals surface area contributed by atoms with Gasteiger partial charge >= 0.3 is 0 Å². The molecular weight excluding hydrogens is 248 g/mol. The van der Waals surface area contributed by atoms with Gasteiger partial charge in [0.05, 0.1) is 12.0 Å². The van der Waals surface area contributed by atoms with Crippen LogP contribution in [0, 0.1) is 11.6 Å². The second-order valence-corrected chi connectivity index (χ2v) is 4.96. The Morgan fingerprint density at radius 2 is 2.11 bits per heavy atom. The fourth-order valence-electron chi connectivity index (χ4n) is 2.54. The summed E-state index contributed by atoms with van der Waals surface area (Å²) in [5.41, 5.74) is 3.14. The van der Waals surface area contributed by atoms with Gasteiger partial charge in [-0.1, -0.05) is 6.07 Å². The van der Waals surface area contributed by atoms with E-state index in [4.69, 9.17) is 0 Å². The minimum atomic E-state index is -0.797. The molecule has 0 N–H and O–H groups in total. The molecule has 3 nitrogen and oxygen atoms in total. The summed E-state index contributed by atoms with van der Waals surface area (Å²) in [5.74, 6) is -1.58. The lowest BCUT2D eigenvalue weighted by Crippen LogP contribution is -2.30. The standard InChI is InChI=1S/C14H15F2N3/c1-18-9-17-13-8-19(5-4-14(13)18)7-10-2-3-11(15)12(16)6-10/h2-3,6,9H,4-5,7-8H2,1H3. The number of halogens is 2. The molecule has 0 amide bonds. The molecule has 0 bridgehead atoms. The Bertz CT molecular complexity index is 607. The lowest BCUT2D eigenvalue weighted by molar-refractivity contribution is 0.239. The number of aromatic nitrogens is 2. The Balaban J connectivity index is 1.73. The zero-order chi connectivity index (χ0) is 13.4. The molecule has 0 aliphatic carbocycles. The monoisotopic (exact) mass is 263 g/mol. The van der Waals surface area contributed by atoms with Crippen LogP contribution in [0.3, 0.4) is 0 Å². The second-order valence-electron chi connectivity index (χ2n) is 4.96. The fraction of sp³-hybridized carbons (Fsp3) is 0.357. The summed E-state index contributed by atoms with van der Waals surface area (Å²) in [6, 6.07) is 4.08. The number of imidazole rings is 1. The minimum Gasteiger partial charge on any atom is -0.337 e. The molecule has 0 radical (unpaired) electrons. The first-order chi connectivity index (χ1) is 9.13. The van der Waals surface area contributed by atoms with Crippen LogP contribution in [0.15, 0.2) is 24.5 Å². The molecule has 0 saturated heterocycles. The fourth-order valence-corrected chi connectivity index (χ4v) is 2.54. The highest BCUT2D eigenvalue weighted by atomic mass is 19.2. The van der Waals surface area contributed by atoms with E-state index in [1.165, 1.54) is 17.8 Å². The summed E-state index contributed by atoms with van der Waals surface area (Å²) < 4.78 is 28.1. The van der Waals surface area contributed by atoms with Crippen molar-refractivity contribution in [2.24, 2.45) is 7.05 Å². The quantitative estimate of drug-likeness (QED) is 0.828. The molecular formula is C14H15F2N3. The highest BCUT2D eigenvalue weighted by Gasteiger charge is 2.20. The number of fused-ring (bicyclic) bond motifs is 1. The summed E-state index contributed by atoms with van der Waals surface area (Å²) >= 11 is 0. The average Bonchev–Trinajstić information content (AvgIpc) is 2.75. The predicted molar refractivity (Wildman–Crippen MR) is 67.4 cm³/mol. The van der Waals surface area contributed by atoms with Crippen LogP contribution in [0.1, 0.15) is 17.0 Å². The van der Waals surface area contributed by atoms with E-state index in [1.54, 1.807) is 6.07 Å². The normalized spacial score (nSPS) is 15.5. The molecule has 5 heteroatoms. The molecule has 2 heterocycles. The number of aryl methyl sites for hydroxylation is 1. The van der Waals surface area contributed by atoms with Gasteiger partial charge < -0.3 is 4.57 Å². The minimum absolute atomic E-state index is 0.618. The van der Waals surface area contributed by atoms with Crippen LogP contribution in [0.2, 0.25) is 0 Å². The van der Waals surface area contributed by atoms with E-state index in [1.807, 2.05) is 17.9 Å². The van der Waals surface area contributed by atoms with Crippen LogP contribution >= 0.6 is 0 Å². The van der Waals surface area contributed by atoms with Crippen LogP contribution in [-0.4, -0.2) is 21.0 Å². The maximum atomic E-state index is 13.2. The Morgan fingerprint density at radius 1 is 1.26 bits per heavy atom. The van der Waals surface area contributed by atoms with E-state index in [9.17, 15) is 8.78 Å². The number of benzene rings is 1. The summed E-state index contributed by atoms with van der Waals surface area (Å²) in [5, 5.41) is 0. The van der Waals surface area contributed by atoms with Crippen LogP contribution < -0.4 is 0 Å². The van der Waals surface area contributed by atoms with Gasteiger partial charge in [-0.3, -0.25) is 4.90 Å². The predicted octanol–water partition coefficient (Wildman–Crippen LogP) is 2.26. The first-order valence-corrected chi connectivity index (χ1v) is 6.29. The molecule has 1 aliphatic rings. The van der Waals surface area contributed by atoms with Crippen molar-refractivity contribution in [3.63, 3.8) is 0 Å². The first-order valence-electron chi connectivity index (χ1n) is 6.29. The van der Waals surface area contributed by atoms with E-state index >= 15 is 0 Å². The van der Waals surface area contributed by atoms with E-state index in [0.29, 0.717) is 6.54 Å². The molecule has 0 spiro atoms. The Labute approximate surface area is 110 Å². The molecule has 1 aromatic heterocycles. The summed E-state index contributed by atoms with van der Waals surface area (Å²) in [6.07, 6.45) is 2.77. The van der Waals surface area contributed by atoms with Gasteiger partial charge in [0.25, 0.3) is 0 Å². The lowest BCUT2D eigenvalue weighted by Gasteiger charge is -2.26. The number of hydrogen-bond acceptors (Lipinski definition) is 2. The van der Waals surface area contributed by atoms with Crippen molar-refractivity contribution in [2.45, 2.75) is 19.5 Å². The second kappa shape index (κ2) is 4.74. The third-order valence-electron chi connectivity index (χ3n) is 3.57. The van der Waals surface area contributed by atoms with Gasteiger partial charge in [-0.15, -0.1) is 0 Å². The van der Waals surface area contributed by atoms with Gasteiger partial charge in [0, 0.05) is 38.8 Å². The van der Waals surface area contributed by atoms with E-state index in [0.717, 1.165) is 30.8 Å². The van der Waals surface area contributed by atoms with E-state index in [-0.39, 0.29) is 0 Å². The highest BCUT2D eigenvalue weighted by Crippen LogP contribution is 2.19. The molecule has 0 saturated carbocycles. The van der Waals surface area contributed by atoms with Gasteiger partial charge in [0.15, 0.2) is 11.6 Å². The molecule has 1 aromatic carbocycles. The molecule has 3 rings (SSSR count). The Kier molecular flexibility index (Phi) is 3.06. The topological polar surface area (TPSA) is 21.1 Å². The molecule has 100 valence electrons. The Morgan fingerprint density at radius 3 is 2.89 bits per heavy atom. The maximum absolute atomic E-state index is 13.2. The highest BCUT2D eigenvalue weighted by molar-refractivity contribution is 5.20. The van der Waals surface area contributed by atoms with Crippen LogP contribution in [0.25, 0.3) is 0 Å². The molecule has 19 heavy (non-hydrogen) atoms. The van der Waals surface area contributed by atoms with Gasteiger partial charge in [0.1, 0.15) is 0 Å². The third kappa shape index (κ3) is 2.38. The third-order valence-corrected chi connectivity index (χ3v) is 3.57. The van der Waals surface area contributed by atoms with Crippen LogP contribution in [-0.2, 0) is 26.6 Å². The van der Waals surface area contributed by atoms with Gasteiger partial charge in [-0.05, 0) is 17.7 Å². The summed E-state index contributed by atoms with van der Waals surface area (Å²) in [6.45, 7) is 2.29. The van der Waals surface area contributed by atoms with E-state index in [2.05, 4.69) is 9.88 Å². The number of rotatable bonds is 2. The molecule has 0 atom stereocenters. The zero-order valence-corrected chi connectivity index (χ0v) is 10.7. The lowest BCUT2D eigenvalue weighted by atomic mass is 10.1. The van der Waals surface area contributed by atoms with E-state index < -0.39 is 11.6 Å². The SMILES string of the molecule is Cn1cnc2c1CCN(Cc1ccc(F)c(F)c1)C2. The maximum Gasteiger partial charge on any atom is 0.159 e. The number of hydrogen-bond donors (Lipinski definition) is 0. The molecule has 0 unspecified atom stereocenters. The van der Waals surface area contributed by atoms with Crippen molar-refractivity contribution in [1.29, 1.82) is 0 Å².